The number of amides is 2. The molecule has 16 heavy (non-hydrogen) atoms. The lowest BCUT2D eigenvalue weighted by Crippen LogP contribution is -2.72. The predicted molar refractivity (Wildman–Crippen MR) is 58.7 cm³/mol. The first-order valence-corrected chi connectivity index (χ1v) is 5.81. The van der Waals surface area contributed by atoms with Gasteiger partial charge in [0.05, 0.1) is 0 Å². The van der Waals surface area contributed by atoms with Crippen molar-refractivity contribution >= 4 is 11.8 Å². The average molecular weight is 224 g/mol. The first-order chi connectivity index (χ1) is 7.55. The van der Waals surface area contributed by atoms with Crippen LogP contribution in [0.5, 0.6) is 0 Å². The highest BCUT2D eigenvalue weighted by Crippen LogP contribution is 2.23. The lowest BCUT2D eigenvalue weighted by Gasteiger charge is -2.42. The number of hydrogen-bond donors (Lipinski definition) is 2. The Morgan fingerprint density at radius 2 is 1.94 bits per heavy atom. The second kappa shape index (κ2) is 4.05. The predicted octanol–water partition coefficient (Wildman–Crippen LogP) is -0.606. The fourth-order valence-corrected chi connectivity index (χ4v) is 2.31. The molecule has 2 saturated heterocycles. The normalized spacial score (nSPS) is 29.1. The van der Waals surface area contributed by atoms with Crippen LogP contribution in [-0.4, -0.2) is 36.5 Å². The molecule has 1 spiro atoms. The summed E-state index contributed by atoms with van der Waals surface area (Å²) in [6, 6.07) is -0.392. The van der Waals surface area contributed by atoms with Gasteiger partial charge in [-0.15, -0.1) is 0 Å². The maximum atomic E-state index is 12.1. The van der Waals surface area contributed by atoms with Crippen LogP contribution >= 0.6 is 0 Å². The van der Waals surface area contributed by atoms with Crippen LogP contribution in [0.1, 0.15) is 26.7 Å². The average Bonchev–Trinajstić information content (AvgIpc) is 2.24. The highest BCUT2D eigenvalue weighted by molar-refractivity contribution is 6.00. The minimum absolute atomic E-state index is 0.0410. The number of nitrogens with zero attached hydrogens (tertiary/aromatic N) is 1. The number of rotatable bonds is 1. The van der Waals surface area contributed by atoms with Crippen LogP contribution in [0.25, 0.3) is 0 Å². The van der Waals surface area contributed by atoms with Gasteiger partial charge in [-0.2, -0.15) is 0 Å². The molecular weight excluding hydrogens is 206 g/mol. The van der Waals surface area contributed by atoms with Gasteiger partial charge in [0.2, 0.25) is 11.8 Å². The standard InChI is InChI=1S/C11H18N3O2/c1-7(2)8-9(15)14-11(10(16)13-8)3-5-12-6-4-11/h7-8H,3-6H2,1-2H3,(H,13,16)(H,14,15). The third-order valence-corrected chi connectivity index (χ3v) is 3.43. The number of nitrogens with one attached hydrogen (secondary N) is 2. The van der Waals surface area contributed by atoms with Gasteiger partial charge in [-0.1, -0.05) is 13.8 Å². The van der Waals surface area contributed by atoms with Crippen molar-refractivity contribution in [2.45, 2.75) is 38.3 Å². The van der Waals surface area contributed by atoms with E-state index in [9.17, 15) is 9.59 Å². The first kappa shape index (κ1) is 11.4. The zero-order valence-corrected chi connectivity index (χ0v) is 9.75. The van der Waals surface area contributed by atoms with Crippen molar-refractivity contribution in [3.8, 4) is 0 Å². The Bertz CT molecular complexity index is 308. The molecule has 2 amide bonds. The SMILES string of the molecule is CC(C)C1NC(=O)C2(CC[N]CC2)NC1=O. The molecule has 89 valence electrons. The Hall–Kier alpha value is -1.10. The smallest absolute Gasteiger partial charge is 0.246 e. The Morgan fingerprint density at radius 3 is 2.50 bits per heavy atom. The summed E-state index contributed by atoms with van der Waals surface area (Å²) in [5.74, 6) is 0.0202. The summed E-state index contributed by atoms with van der Waals surface area (Å²) in [6.07, 6.45) is 1.24. The van der Waals surface area contributed by atoms with Crippen LogP contribution in [0.4, 0.5) is 0 Å². The molecule has 1 atom stereocenters. The fraction of sp³-hybridized carbons (Fsp3) is 0.818. The summed E-state index contributed by atoms with van der Waals surface area (Å²) < 4.78 is 0. The Balaban J connectivity index is 2.14. The summed E-state index contributed by atoms with van der Waals surface area (Å²) in [7, 11) is 0. The zero-order chi connectivity index (χ0) is 11.8. The molecule has 0 aliphatic carbocycles. The van der Waals surface area contributed by atoms with Crippen molar-refractivity contribution < 1.29 is 9.59 Å². The maximum absolute atomic E-state index is 12.1. The quantitative estimate of drug-likeness (QED) is 0.624. The van der Waals surface area contributed by atoms with E-state index in [1.807, 2.05) is 13.8 Å². The van der Waals surface area contributed by atoms with Crippen LogP contribution in [-0.2, 0) is 9.59 Å². The van der Waals surface area contributed by atoms with Crippen LogP contribution in [0, 0.1) is 5.92 Å². The van der Waals surface area contributed by atoms with E-state index in [-0.39, 0.29) is 17.7 Å². The molecule has 2 heterocycles. The summed E-state index contributed by atoms with van der Waals surface area (Å²) in [6.45, 7) is 5.16. The molecule has 2 N–H and O–H groups in total. The van der Waals surface area contributed by atoms with E-state index < -0.39 is 11.6 Å². The van der Waals surface area contributed by atoms with Gasteiger partial charge in [0.25, 0.3) is 0 Å². The van der Waals surface area contributed by atoms with Gasteiger partial charge in [-0.25, -0.2) is 5.32 Å². The minimum Gasteiger partial charge on any atom is -0.342 e. The molecule has 1 radical (unpaired) electrons. The zero-order valence-electron chi connectivity index (χ0n) is 9.75. The number of piperazine rings is 1. The molecule has 0 bridgehead atoms. The molecule has 0 aromatic rings. The monoisotopic (exact) mass is 224 g/mol. The Kier molecular flexibility index (Phi) is 2.88. The van der Waals surface area contributed by atoms with E-state index in [0.29, 0.717) is 25.9 Å². The molecule has 2 aliphatic rings. The molecule has 2 rings (SSSR count). The number of hydrogen-bond acceptors (Lipinski definition) is 2. The fourth-order valence-electron chi connectivity index (χ4n) is 2.31. The van der Waals surface area contributed by atoms with Crippen LogP contribution in [0.15, 0.2) is 0 Å². The summed E-state index contributed by atoms with van der Waals surface area (Å²) in [5, 5.41) is 9.94. The number of carbonyl (C=O) groups excluding carboxylic acids is 2. The maximum Gasteiger partial charge on any atom is 0.246 e. The van der Waals surface area contributed by atoms with Crippen LogP contribution in [0.3, 0.4) is 0 Å². The van der Waals surface area contributed by atoms with E-state index >= 15 is 0 Å². The lowest BCUT2D eigenvalue weighted by molar-refractivity contribution is -0.143. The third kappa shape index (κ3) is 1.80. The van der Waals surface area contributed by atoms with E-state index in [0.717, 1.165) is 0 Å². The van der Waals surface area contributed by atoms with Crippen molar-refractivity contribution in [3.05, 3.63) is 0 Å². The van der Waals surface area contributed by atoms with Gasteiger partial charge >= 0.3 is 0 Å². The topological polar surface area (TPSA) is 72.3 Å². The van der Waals surface area contributed by atoms with E-state index in [1.165, 1.54) is 0 Å². The molecule has 0 aromatic carbocycles. The van der Waals surface area contributed by atoms with Gasteiger partial charge in [-0.3, -0.25) is 9.59 Å². The van der Waals surface area contributed by atoms with E-state index in [1.54, 1.807) is 0 Å². The Morgan fingerprint density at radius 1 is 1.31 bits per heavy atom. The largest absolute Gasteiger partial charge is 0.342 e. The molecular formula is C11H18N3O2. The number of piperidine rings is 1. The lowest BCUT2D eigenvalue weighted by atomic mass is 9.83. The Labute approximate surface area is 95.3 Å². The molecule has 1 unspecified atom stereocenters. The minimum atomic E-state index is -0.690. The second-order valence-electron chi connectivity index (χ2n) is 4.94. The highest BCUT2D eigenvalue weighted by atomic mass is 16.2. The van der Waals surface area contributed by atoms with Gasteiger partial charge in [-0.05, 0) is 18.8 Å². The summed E-state index contributed by atoms with van der Waals surface area (Å²) in [5.41, 5.74) is -0.690. The van der Waals surface area contributed by atoms with Crippen molar-refractivity contribution in [1.29, 1.82) is 0 Å². The third-order valence-electron chi connectivity index (χ3n) is 3.43. The molecule has 2 fully saturated rings. The van der Waals surface area contributed by atoms with Crippen molar-refractivity contribution in [1.82, 2.24) is 16.0 Å². The van der Waals surface area contributed by atoms with Crippen molar-refractivity contribution in [3.63, 3.8) is 0 Å². The second-order valence-corrected chi connectivity index (χ2v) is 4.94. The highest BCUT2D eigenvalue weighted by Gasteiger charge is 2.47. The molecule has 5 nitrogen and oxygen atoms in total. The first-order valence-electron chi connectivity index (χ1n) is 5.81. The van der Waals surface area contributed by atoms with Crippen molar-refractivity contribution in [2.75, 3.05) is 13.1 Å². The molecule has 2 aliphatic heterocycles. The molecule has 0 saturated carbocycles. The van der Waals surface area contributed by atoms with E-state index in [2.05, 4.69) is 16.0 Å². The number of carbonyl (C=O) groups is 2. The summed E-state index contributed by atoms with van der Waals surface area (Å²) >= 11 is 0. The summed E-state index contributed by atoms with van der Waals surface area (Å²) in [4.78, 5) is 24.0. The van der Waals surface area contributed by atoms with Crippen LogP contribution < -0.4 is 16.0 Å². The van der Waals surface area contributed by atoms with Crippen LogP contribution in [0.2, 0.25) is 0 Å². The molecule has 0 aromatic heterocycles. The van der Waals surface area contributed by atoms with E-state index in [4.69, 9.17) is 0 Å². The van der Waals surface area contributed by atoms with Gasteiger partial charge in [0.15, 0.2) is 0 Å². The van der Waals surface area contributed by atoms with Gasteiger partial charge in [0.1, 0.15) is 11.6 Å². The van der Waals surface area contributed by atoms with Crippen molar-refractivity contribution in [2.24, 2.45) is 5.92 Å². The van der Waals surface area contributed by atoms with Gasteiger partial charge < -0.3 is 10.6 Å². The van der Waals surface area contributed by atoms with Gasteiger partial charge in [0, 0.05) is 13.1 Å². The molecule has 5 heteroatoms.